The van der Waals surface area contributed by atoms with Crippen molar-refractivity contribution in [2.45, 2.75) is 140 Å². The molecule has 64 heavy (non-hydrogen) atoms. The minimum atomic E-state index is -1.79. The highest BCUT2D eigenvalue weighted by molar-refractivity contribution is 7.80. The van der Waals surface area contributed by atoms with E-state index in [0.717, 1.165) is 6.92 Å². The molecule has 0 fully saturated rings. The first-order valence-electron chi connectivity index (χ1n) is 20.9. The standard InChI is InChI=1S/C38H71N13O12S/c1-18(2)15-24(47-31(56)22(10-8-14-44-38(42)43)45-30(55)21(40)9-6-7-13-39)33(58)49-26(17-64)35(60)50-28(19(3)4)36(61)46-23(11-12-27(41)54)32(57)48-25(16-52)34(59)51-29(20(5)53)37(62)63/h18-26,28-29,52-53,64H,6-17,39-40H2,1-5H3,(H2,41,54)(H,45,55)(H,46,61)(H,47,56)(H,48,57)(H,49,58)(H,50,60)(H,51,59)(H,62,63)(H4,42,43,44)/t20-,21+,22+,23+,24+,25+,26+,28+,29+/m1/s1. The molecule has 0 spiro atoms. The molecule has 0 rings (SSSR count). The van der Waals surface area contributed by atoms with Crippen LogP contribution in [0.3, 0.4) is 0 Å². The number of nitrogens with one attached hydrogen (secondary N) is 7. The SMILES string of the molecule is CC(C)C[C@H](NC(=O)[C@H](CCCN=C(N)N)NC(=O)[C@@H](N)CCCCN)C(=O)N[C@@H](CS)C(=O)N[C@H](C(=O)N[C@@H](CCC(N)=O)C(=O)N[C@@H](CO)C(=O)N[C@H](C(=O)O)[C@@H](C)O)C(C)C. The lowest BCUT2D eigenvalue weighted by molar-refractivity contribution is -0.145. The van der Waals surface area contributed by atoms with E-state index in [0.29, 0.717) is 25.8 Å². The Labute approximate surface area is 378 Å². The summed E-state index contributed by atoms with van der Waals surface area (Å²) in [5, 5.41) is 45.7. The van der Waals surface area contributed by atoms with Gasteiger partial charge in [-0.25, -0.2) is 4.79 Å². The number of amides is 8. The van der Waals surface area contributed by atoms with Gasteiger partial charge in [0.25, 0.3) is 0 Å². The van der Waals surface area contributed by atoms with Gasteiger partial charge >= 0.3 is 5.97 Å². The van der Waals surface area contributed by atoms with Crippen LogP contribution in [0.2, 0.25) is 0 Å². The van der Waals surface area contributed by atoms with Crippen molar-refractivity contribution in [3.05, 3.63) is 0 Å². The van der Waals surface area contributed by atoms with Crippen LogP contribution in [0, 0.1) is 11.8 Å². The highest BCUT2D eigenvalue weighted by Crippen LogP contribution is 2.10. The Morgan fingerprint density at radius 2 is 1.09 bits per heavy atom. The van der Waals surface area contributed by atoms with E-state index in [-0.39, 0.29) is 43.4 Å². The summed E-state index contributed by atoms with van der Waals surface area (Å²) in [6.07, 6.45) is -0.426. The largest absolute Gasteiger partial charge is 0.480 e. The van der Waals surface area contributed by atoms with Gasteiger partial charge in [0.1, 0.15) is 36.3 Å². The molecule has 20 N–H and O–H groups in total. The number of primary amides is 1. The molecular weight excluding hydrogens is 863 g/mol. The molecule has 0 radical (unpaired) electrons. The van der Waals surface area contributed by atoms with Crippen LogP contribution in [0.25, 0.3) is 0 Å². The summed E-state index contributed by atoms with van der Waals surface area (Å²) in [7, 11) is 0. The highest BCUT2D eigenvalue weighted by Gasteiger charge is 2.35. The third-order valence-corrected chi connectivity index (χ3v) is 9.83. The number of nitrogens with zero attached hydrogens (tertiary/aromatic N) is 1. The molecule has 0 heterocycles. The second-order valence-corrected chi connectivity index (χ2v) is 16.3. The van der Waals surface area contributed by atoms with E-state index in [4.69, 9.17) is 28.7 Å². The number of aliphatic imine (C=N–C) groups is 1. The van der Waals surface area contributed by atoms with E-state index in [2.05, 4.69) is 49.5 Å². The van der Waals surface area contributed by atoms with E-state index in [1.54, 1.807) is 27.7 Å². The monoisotopic (exact) mass is 934 g/mol. The summed E-state index contributed by atoms with van der Waals surface area (Å²) in [5.74, 6) is -9.96. The highest BCUT2D eigenvalue weighted by atomic mass is 32.1. The van der Waals surface area contributed by atoms with Crippen LogP contribution in [0.1, 0.15) is 86.0 Å². The van der Waals surface area contributed by atoms with Crippen molar-refractivity contribution in [1.29, 1.82) is 0 Å². The summed E-state index contributed by atoms with van der Waals surface area (Å²) >= 11 is 4.22. The van der Waals surface area contributed by atoms with Crippen LogP contribution in [-0.4, -0.2) is 154 Å². The fourth-order valence-corrected chi connectivity index (χ4v) is 6.10. The van der Waals surface area contributed by atoms with Crippen LogP contribution < -0.4 is 65.9 Å². The van der Waals surface area contributed by atoms with E-state index in [1.807, 2.05) is 5.32 Å². The zero-order valence-corrected chi connectivity index (χ0v) is 38.0. The van der Waals surface area contributed by atoms with Gasteiger partial charge in [-0.2, -0.15) is 12.6 Å². The van der Waals surface area contributed by atoms with Crippen molar-refractivity contribution >= 4 is 71.8 Å². The molecule has 25 nitrogen and oxygen atoms in total. The molecule has 9 atom stereocenters. The maximum atomic E-state index is 13.8. The number of hydrogen-bond donors (Lipinski definition) is 16. The van der Waals surface area contributed by atoms with E-state index >= 15 is 0 Å². The molecule has 0 aromatic heterocycles. The maximum absolute atomic E-state index is 13.8. The predicted octanol–water partition coefficient (Wildman–Crippen LogP) is -5.76. The minimum Gasteiger partial charge on any atom is -0.480 e. The maximum Gasteiger partial charge on any atom is 0.328 e. The molecule has 0 aromatic rings. The normalized spacial score (nSPS) is 15.4. The molecular formula is C38H71N13O12S. The zero-order chi connectivity index (χ0) is 49.3. The Balaban J connectivity index is 6.23. The van der Waals surface area contributed by atoms with Gasteiger partial charge < -0.3 is 81.2 Å². The number of hydrogen-bond acceptors (Lipinski definition) is 15. The molecule has 0 aromatic carbocycles. The quantitative estimate of drug-likeness (QED) is 0.0129. The van der Waals surface area contributed by atoms with Crippen molar-refractivity contribution in [3.8, 4) is 0 Å². The summed E-state index contributed by atoms with van der Waals surface area (Å²) in [4.78, 5) is 121. The molecule has 0 bridgehead atoms. The number of unbranched alkanes of at least 4 members (excludes halogenated alkanes) is 1. The number of carbonyl (C=O) groups excluding carboxylic acids is 8. The summed E-state index contributed by atoms with van der Waals surface area (Å²) in [6, 6.07) is -11.2. The van der Waals surface area contributed by atoms with Gasteiger partial charge in [0.15, 0.2) is 12.0 Å². The van der Waals surface area contributed by atoms with Gasteiger partial charge in [-0.1, -0.05) is 34.1 Å². The lowest BCUT2D eigenvalue weighted by Gasteiger charge is -2.29. The predicted molar refractivity (Wildman–Crippen MR) is 237 cm³/mol. The Morgan fingerprint density at radius 3 is 1.58 bits per heavy atom. The van der Waals surface area contributed by atoms with Gasteiger partial charge in [-0.3, -0.25) is 43.3 Å². The Kier molecular flexibility index (Phi) is 28.2. The third kappa shape index (κ3) is 22.9. The number of nitrogens with two attached hydrogens (primary N) is 5. The molecule has 8 amide bonds. The Hall–Kier alpha value is -5.31. The van der Waals surface area contributed by atoms with Crippen molar-refractivity contribution in [3.63, 3.8) is 0 Å². The van der Waals surface area contributed by atoms with Gasteiger partial charge in [-0.05, 0) is 63.8 Å². The number of rotatable bonds is 32. The Morgan fingerprint density at radius 1 is 0.609 bits per heavy atom. The number of carboxylic acid groups (broad SMARTS) is 1. The molecule has 0 aliphatic rings. The van der Waals surface area contributed by atoms with Crippen LogP contribution in [0.5, 0.6) is 0 Å². The average Bonchev–Trinajstić information content (AvgIpc) is 3.20. The smallest absolute Gasteiger partial charge is 0.328 e. The van der Waals surface area contributed by atoms with Crippen molar-refractivity contribution in [2.24, 2.45) is 45.5 Å². The number of carboxylic acids is 1. The second-order valence-electron chi connectivity index (χ2n) is 15.9. The van der Waals surface area contributed by atoms with Gasteiger partial charge in [-0.15, -0.1) is 0 Å². The van der Waals surface area contributed by atoms with Crippen molar-refractivity contribution in [2.75, 3.05) is 25.4 Å². The van der Waals surface area contributed by atoms with E-state index < -0.39 is 133 Å². The minimum absolute atomic E-state index is 0.0692. The van der Waals surface area contributed by atoms with Gasteiger partial charge in [0.05, 0.1) is 18.8 Å². The fraction of sp³-hybridized carbons (Fsp3) is 0.737. The number of aliphatic carboxylic acids is 1. The summed E-state index contributed by atoms with van der Waals surface area (Å²) in [5.41, 5.74) is 27.7. The lowest BCUT2D eigenvalue weighted by atomic mass is 10.0. The van der Waals surface area contributed by atoms with Crippen LogP contribution in [0.15, 0.2) is 4.99 Å². The first kappa shape index (κ1) is 58.7. The third-order valence-electron chi connectivity index (χ3n) is 9.46. The van der Waals surface area contributed by atoms with Crippen LogP contribution >= 0.6 is 12.6 Å². The number of carbonyl (C=O) groups is 9. The van der Waals surface area contributed by atoms with Gasteiger partial charge in [0.2, 0.25) is 47.3 Å². The lowest BCUT2D eigenvalue weighted by Crippen LogP contribution is -2.61. The molecule has 0 aliphatic carbocycles. The fourth-order valence-electron chi connectivity index (χ4n) is 5.85. The topological polar surface area (TPSA) is 441 Å². The summed E-state index contributed by atoms with van der Waals surface area (Å²) in [6.45, 7) is 7.30. The van der Waals surface area contributed by atoms with Crippen LogP contribution in [-0.2, 0) is 43.2 Å². The molecule has 0 saturated heterocycles. The van der Waals surface area contributed by atoms with Crippen molar-refractivity contribution < 1.29 is 58.5 Å². The Bertz CT molecular complexity index is 1600. The molecule has 366 valence electrons. The van der Waals surface area contributed by atoms with E-state index in [1.165, 1.54) is 0 Å². The zero-order valence-electron chi connectivity index (χ0n) is 37.1. The molecule has 0 saturated carbocycles. The average molecular weight is 934 g/mol. The first-order chi connectivity index (χ1) is 29.9. The van der Waals surface area contributed by atoms with E-state index in [9.17, 15) is 58.5 Å². The summed E-state index contributed by atoms with van der Waals surface area (Å²) < 4.78 is 0. The van der Waals surface area contributed by atoms with Crippen LogP contribution in [0.4, 0.5) is 0 Å². The molecule has 0 aliphatic heterocycles. The second kappa shape index (κ2) is 30.7. The van der Waals surface area contributed by atoms with Crippen molar-refractivity contribution in [1.82, 2.24) is 37.2 Å². The molecule has 0 unspecified atom stereocenters. The van der Waals surface area contributed by atoms with Gasteiger partial charge in [0, 0.05) is 18.7 Å². The number of aliphatic hydroxyl groups excluding tert-OH is 2. The number of aliphatic hydroxyl groups is 2. The first-order valence-corrected chi connectivity index (χ1v) is 21.6. The molecule has 26 heteroatoms. The number of thiol groups is 1. The number of guanidine groups is 1.